The zero-order valence-electron chi connectivity index (χ0n) is 19.1. The first-order valence-corrected chi connectivity index (χ1v) is 11.3. The minimum absolute atomic E-state index is 0.539. The van der Waals surface area contributed by atoms with Crippen LogP contribution < -0.4 is 0 Å². The highest BCUT2D eigenvalue weighted by atomic mass is 16.3. The van der Waals surface area contributed by atoms with Crippen LogP contribution in [0.1, 0.15) is 50.7 Å². The summed E-state index contributed by atoms with van der Waals surface area (Å²) in [6.07, 6.45) is 0. The van der Waals surface area contributed by atoms with E-state index >= 15 is 0 Å². The Balaban J connectivity index is 0.000000135. The molecule has 0 atom stereocenters. The molecule has 0 bridgehead atoms. The summed E-state index contributed by atoms with van der Waals surface area (Å²) in [7, 11) is 0. The topological polar surface area (TPSA) is 26.3 Å². The van der Waals surface area contributed by atoms with Crippen LogP contribution in [0.2, 0.25) is 0 Å². The molecule has 6 rings (SSSR count). The Morgan fingerprint density at radius 1 is 0.438 bits per heavy atom. The van der Waals surface area contributed by atoms with Gasteiger partial charge >= 0.3 is 0 Å². The van der Waals surface area contributed by atoms with Crippen molar-refractivity contribution < 1.29 is 8.83 Å². The van der Waals surface area contributed by atoms with Gasteiger partial charge in [0, 0.05) is 21.5 Å². The molecule has 32 heavy (non-hydrogen) atoms. The monoisotopic (exact) mass is 420 g/mol. The van der Waals surface area contributed by atoms with Crippen LogP contribution >= 0.6 is 0 Å². The summed E-state index contributed by atoms with van der Waals surface area (Å²) in [6.45, 7) is 8.82. The molecule has 0 spiro atoms. The molecule has 2 nitrogen and oxygen atoms in total. The van der Waals surface area contributed by atoms with Crippen LogP contribution in [0.5, 0.6) is 0 Å². The van der Waals surface area contributed by atoms with Gasteiger partial charge in [0.25, 0.3) is 0 Å². The fourth-order valence-electron chi connectivity index (χ4n) is 4.20. The van der Waals surface area contributed by atoms with Crippen LogP contribution in [0, 0.1) is 0 Å². The van der Waals surface area contributed by atoms with Crippen LogP contribution in [0.4, 0.5) is 0 Å². The molecule has 2 heteroatoms. The average Bonchev–Trinajstić information content (AvgIpc) is 3.36. The molecule has 0 aliphatic rings. The van der Waals surface area contributed by atoms with Gasteiger partial charge in [-0.05, 0) is 53.3 Å². The van der Waals surface area contributed by atoms with Crippen molar-refractivity contribution in [2.24, 2.45) is 0 Å². The van der Waals surface area contributed by atoms with Crippen molar-refractivity contribution >= 4 is 43.9 Å². The zero-order valence-corrected chi connectivity index (χ0v) is 19.1. The van der Waals surface area contributed by atoms with Gasteiger partial charge in [0.15, 0.2) is 0 Å². The molecule has 0 aliphatic carbocycles. The standard InChI is InChI=1S/2C15H14O/c1-10(2)11-7-8-15-13(9-11)12-5-3-4-6-14(12)16-15;1-10(2)11-7-8-13-12-5-3-4-6-14(12)16-15(13)9-11/h2*3-10H,1-2H3. The first-order chi connectivity index (χ1) is 15.5. The van der Waals surface area contributed by atoms with Crippen molar-refractivity contribution in [1.82, 2.24) is 0 Å². The Hall–Kier alpha value is -3.52. The normalized spacial score (nSPS) is 11.7. The summed E-state index contributed by atoms with van der Waals surface area (Å²) in [5.41, 5.74) is 6.60. The summed E-state index contributed by atoms with van der Waals surface area (Å²) in [6, 6.07) is 29.3. The van der Waals surface area contributed by atoms with Gasteiger partial charge in [-0.25, -0.2) is 0 Å². The highest BCUT2D eigenvalue weighted by Gasteiger charge is 2.09. The van der Waals surface area contributed by atoms with E-state index in [0.717, 1.165) is 22.3 Å². The molecule has 4 aromatic carbocycles. The largest absolute Gasteiger partial charge is 0.456 e. The van der Waals surface area contributed by atoms with E-state index in [2.05, 4.69) is 82.3 Å². The maximum absolute atomic E-state index is 5.84. The first kappa shape index (κ1) is 20.4. The zero-order chi connectivity index (χ0) is 22.2. The highest BCUT2D eigenvalue weighted by Crippen LogP contribution is 2.31. The van der Waals surface area contributed by atoms with E-state index in [4.69, 9.17) is 8.83 Å². The Kier molecular flexibility index (Phi) is 5.22. The van der Waals surface area contributed by atoms with E-state index in [1.165, 1.54) is 32.7 Å². The molecule has 2 heterocycles. The van der Waals surface area contributed by atoms with E-state index in [9.17, 15) is 0 Å². The van der Waals surface area contributed by atoms with Gasteiger partial charge in [0.05, 0.1) is 0 Å². The highest BCUT2D eigenvalue weighted by molar-refractivity contribution is 6.05. The molecular formula is C30H28O2. The summed E-state index contributed by atoms with van der Waals surface area (Å²) in [5, 5.41) is 4.84. The molecule has 0 amide bonds. The van der Waals surface area contributed by atoms with E-state index in [1.807, 2.05) is 30.3 Å². The van der Waals surface area contributed by atoms with Crippen molar-refractivity contribution in [3.05, 3.63) is 96.1 Å². The molecule has 0 aliphatic heterocycles. The number of benzene rings is 4. The molecule has 160 valence electrons. The predicted molar refractivity (Wildman–Crippen MR) is 136 cm³/mol. The maximum Gasteiger partial charge on any atom is 0.135 e. The Morgan fingerprint density at radius 3 is 1.56 bits per heavy atom. The quantitative estimate of drug-likeness (QED) is 0.279. The summed E-state index contributed by atoms with van der Waals surface area (Å²) >= 11 is 0. The second kappa shape index (κ2) is 8.20. The number of fused-ring (bicyclic) bond motifs is 6. The number of hydrogen-bond acceptors (Lipinski definition) is 2. The fraction of sp³-hybridized carbons (Fsp3) is 0.200. The van der Waals surface area contributed by atoms with Crippen LogP contribution in [0.3, 0.4) is 0 Å². The third kappa shape index (κ3) is 3.67. The molecule has 0 fully saturated rings. The third-order valence-corrected chi connectivity index (χ3v) is 6.14. The van der Waals surface area contributed by atoms with Gasteiger partial charge in [-0.1, -0.05) is 82.3 Å². The number of hydrogen-bond donors (Lipinski definition) is 0. The summed E-state index contributed by atoms with van der Waals surface area (Å²) in [5.74, 6) is 1.09. The second-order valence-electron chi connectivity index (χ2n) is 9.02. The molecule has 0 unspecified atom stereocenters. The minimum Gasteiger partial charge on any atom is -0.456 e. The van der Waals surface area contributed by atoms with Crippen LogP contribution in [0.25, 0.3) is 43.9 Å². The first-order valence-electron chi connectivity index (χ1n) is 11.3. The maximum atomic E-state index is 5.84. The van der Waals surface area contributed by atoms with Crippen molar-refractivity contribution in [2.45, 2.75) is 39.5 Å². The molecule has 0 saturated carbocycles. The van der Waals surface area contributed by atoms with Gasteiger partial charge < -0.3 is 8.83 Å². The van der Waals surface area contributed by atoms with E-state index in [1.54, 1.807) is 0 Å². The predicted octanol–water partition coefficient (Wildman–Crippen LogP) is 9.42. The van der Waals surface area contributed by atoms with Gasteiger partial charge in [-0.15, -0.1) is 0 Å². The van der Waals surface area contributed by atoms with Gasteiger partial charge in [-0.2, -0.15) is 0 Å². The minimum atomic E-state index is 0.539. The lowest BCUT2D eigenvalue weighted by Gasteiger charge is -2.03. The van der Waals surface area contributed by atoms with Crippen molar-refractivity contribution in [3.63, 3.8) is 0 Å². The van der Waals surface area contributed by atoms with Crippen molar-refractivity contribution in [3.8, 4) is 0 Å². The van der Waals surface area contributed by atoms with Gasteiger partial charge in [-0.3, -0.25) is 0 Å². The molecule has 0 radical (unpaired) electrons. The van der Waals surface area contributed by atoms with Crippen LogP contribution in [0.15, 0.2) is 93.8 Å². The molecule has 6 aromatic rings. The Labute approximate surface area is 188 Å². The van der Waals surface area contributed by atoms with Crippen molar-refractivity contribution in [1.29, 1.82) is 0 Å². The van der Waals surface area contributed by atoms with E-state index in [-0.39, 0.29) is 0 Å². The Bertz CT molecular complexity index is 1520. The second-order valence-corrected chi connectivity index (χ2v) is 9.02. The van der Waals surface area contributed by atoms with Crippen LogP contribution in [-0.2, 0) is 0 Å². The number of para-hydroxylation sites is 2. The van der Waals surface area contributed by atoms with E-state index < -0.39 is 0 Å². The lowest BCUT2D eigenvalue weighted by Crippen LogP contribution is -1.85. The molecular weight excluding hydrogens is 392 g/mol. The summed E-state index contributed by atoms with van der Waals surface area (Å²) < 4.78 is 11.6. The SMILES string of the molecule is CC(C)c1ccc2c(c1)oc1ccccc12.CC(C)c1ccc2oc3ccccc3c2c1. The van der Waals surface area contributed by atoms with Crippen LogP contribution in [-0.4, -0.2) is 0 Å². The lowest BCUT2D eigenvalue weighted by atomic mass is 10.0. The van der Waals surface area contributed by atoms with E-state index in [0.29, 0.717) is 11.8 Å². The smallest absolute Gasteiger partial charge is 0.135 e. The lowest BCUT2D eigenvalue weighted by molar-refractivity contribution is 0.667. The number of rotatable bonds is 2. The molecule has 0 saturated heterocycles. The van der Waals surface area contributed by atoms with Gasteiger partial charge in [0.1, 0.15) is 22.3 Å². The Morgan fingerprint density at radius 2 is 0.906 bits per heavy atom. The number of furan rings is 2. The average molecular weight is 421 g/mol. The fourth-order valence-corrected chi connectivity index (χ4v) is 4.20. The molecule has 0 N–H and O–H groups in total. The van der Waals surface area contributed by atoms with Crippen molar-refractivity contribution in [2.75, 3.05) is 0 Å². The molecule has 2 aromatic heterocycles. The summed E-state index contributed by atoms with van der Waals surface area (Å²) in [4.78, 5) is 0. The van der Waals surface area contributed by atoms with Gasteiger partial charge in [0.2, 0.25) is 0 Å². The third-order valence-electron chi connectivity index (χ3n) is 6.14.